The minimum atomic E-state index is 0.472. The van der Waals surface area contributed by atoms with Crippen molar-refractivity contribution in [3.63, 3.8) is 0 Å². The summed E-state index contributed by atoms with van der Waals surface area (Å²) in [6.45, 7) is 8.64. The molecule has 1 aliphatic heterocycles. The third-order valence-electron chi connectivity index (χ3n) is 3.21. The van der Waals surface area contributed by atoms with E-state index in [0.717, 1.165) is 38.4 Å². The summed E-state index contributed by atoms with van der Waals surface area (Å²) in [5, 5.41) is 3.40. The van der Waals surface area contributed by atoms with Crippen LogP contribution in [0.15, 0.2) is 4.99 Å². The number of likely N-dealkylation sites (tertiary alicyclic amines) is 1. The average molecular weight is 241 g/mol. The minimum absolute atomic E-state index is 0.472. The highest BCUT2D eigenvalue weighted by Gasteiger charge is 2.19. The smallest absolute Gasteiger partial charge is 0.205 e. The van der Waals surface area contributed by atoms with Crippen LogP contribution in [0.25, 0.3) is 0 Å². The van der Waals surface area contributed by atoms with Crippen LogP contribution in [0.2, 0.25) is 0 Å². The number of guanidine groups is 1. The van der Waals surface area contributed by atoms with Gasteiger partial charge in [0, 0.05) is 19.1 Å². The summed E-state index contributed by atoms with van der Waals surface area (Å²) in [5.74, 6) is 6.22. The Balaban J connectivity index is 2.36. The highest BCUT2D eigenvalue weighted by Crippen LogP contribution is 2.09. The van der Waals surface area contributed by atoms with E-state index in [2.05, 4.69) is 34.5 Å². The molecule has 0 aromatic carbocycles. The molecular weight excluding hydrogens is 214 g/mol. The fraction of sp³-hybridized carbons (Fsp3) is 0.917. The molecule has 0 saturated carbocycles. The van der Waals surface area contributed by atoms with Gasteiger partial charge in [0.05, 0.1) is 0 Å². The maximum absolute atomic E-state index is 5.48. The Morgan fingerprint density at radius 2 is 2.29 bits per heavy atom. The summed E-state index contributed by atoms with van der Waals surface area (Å²) in [4.78, 5) is 6.89. The summed E-state index contributed by atoms with van der Waals surface area (Å²) >= 11 is 0. The zero-order valence-corrected chi connectivity index (χ0v) is 11.2. The van der Waals surface area contributed by atoms with E-state index in [1.807, 2.05) is 0 Å². The Morgan fingerprint density at radius 1 is 1.47 bits per heavy atom. The van der Waals surface area contributed by atoms with Crippen LogP contribution in [-0.4, -0.2) is 43.1 Å². The standard InChI is InChI=1S/C12H27N5/c1-3-5-8-14-12(16-13)15-11-7-6-9-17(4-2)10-11/h11H,3-10,13H2,1-2H3,(H2,14,15,16). The van der Waals surface area contributed by atoms with Crippen molar-refractivity contribution < 1.29 is 0 Å². The third-order valence-corrected chi connectivity index (χ3v) is 3.21. The molecular formula is C12H27N5. The number of hydrazine groups is 1. The monoisotopic (exact) mass is 241 g/mol. The topological polar surface area (TPSA) is 65.7 Å². The van der Waals surface area contributed by atoms with Gasteiger partial charge in [0.25, 0.3) is 0 Å². The zero-order valence-electron chi connectivity index (χ0n) is 11.2. The van der Waals surface area contributed by atoms with Gasteiger partial charge >= 0.3 is 0 Å². The lowest BCUT2D eigenvalue weighted by atomic mass is 10.1. The van der Waals surface area contributed by atoms with Crippen LogP contribution < -0.4 is 16.6 Å². The van der Waals surface area contributed by atoms with E-state index in [1.54, 1.807) is 0 Å². The van der Waals surface area contributed by atoms with Crippen LogP contribution in [0.3, 0.4) is 0 Å². The Hall–Kier alpha value is -0.810. The van der Waals surface area contributed by atoms with Crippen molar-refractivity contribution in [3.05, 3.63) is 0 Å². The van der Waals surface area contributed by atoms with Gasteiger partial charge in [0.15, 0.2) is 0 Å². The highest BCUT2D eigenvalue weighted by atomic mass is 15.3. The second kappa shape index (κ2) is 8.31. The Kier molecular flexibility index (Phi) is 6.96. The number of nitrogens with one attached hydrogen (secondary N) is 2. The lowest BCUT2D eigenvalue weighted by molar-refractivity contribution is 0.209. The van der Waals surface area contributed by atoms with Crippen molar-refractivity contribution >= 4 is 5.96 Å². The van der Waals surface area contributed by atoms with Crippen LogP contribution in [-0.2, 0) is 0 Å². The van der Waals surface area contributed by atoms with Crippen LogP contribution in [0, 0.1) is 0 Å². The van der Waals surface area contributed by atoms with Crippen LogP contribution in [0.4, 0.5) is 0 Å². The molecule has 0 bridgehead atoms. The first-order valence-electron chi connectivity index (χ1n) is 6.80. The Bertz CT molecular complexity index is 229. The van der Waals surface area contributed by atoms with Gasteiger partial charge in [-0.2, -0.15) is 0 Å². The fourth-order valence-corrected chi connectivity index (χ4v) is 2.14. The molecule has 4 N–H and O–H groups in total. The Morgan fingerprint density at radius 3 is 2.94 bits per heavy atom. The van der Waals surface area contributed by atoms with Crippen molar-refractivity contribution in [2.75, 3.05) is 26.2 Å². The van der Waals surface area contributed by atoms with Gasteiger partial charge in [-0.3, -0.25) is 10.4 Å². The lowest BCUT2D eigenvalue weighted by Crippen LogP contribution is -2.52. The number of likely N-dealkylation sites (N-methyl/N-ethyl adjacent to an activating group) is 1. The summed E-state index contributed by atoms with van der Waals surface area (Å²) in [6.07, 6.45) is 4.72. The molecule has 17 heavy (non-hydrogen) atoms. The number of rotatable bonds is 5. The molecule has 1 saturated heterocycles. The molecule has 0 spiro atoms. The molecule has 0 aromatic rings. The van der Waals surface area contributed by atoms with Gasteiger partial charge in [-0.05, 0) is 32.4 Å². The first-order chi connectivity index (χ1) is 8.30. The Labute approximate surface area is 105 Å². The second-order valence-corrected chi connectivity index (χ2v) is 4.60. The van der Waals surface area contributed by atoms with Crippen LogP contribution in [0.5, 0.6) is 0 Å². The maximum Gasteiger partial charge on any atom is 0.205 e. The first-order valence-corrected chi connectivity index (χ1v) is 6.80. The molecule has 1 rings (SSSR count). The van der Waals surface area contributed by atoms with E-state index in [9.17, 15) is 0 Å². The van der Waals surface area contributed by atoms with E-state index in [-0.39, 0.29) is 0 Å². The lowest BCUT2D eigenvalue weighted by Gasteiger charge is -2.32. The molecule has 0 aliphatic carbocycles. The van der Waals surface area contributed by atoms with E-state index < -0.39 is 0 Å². The SMILES string of the molecule is CCCCN=C(NN)NC1CCCN(CC)C1. The molecule has 5 heteroatoms. The van der Waals surface area contributed by atoms with Gasteiger partial charge < -0.3 is 10.2 Å². The number of nitrogens with zero attached hydrogens (tertiary/aromatic N) is 2. The largest absolute Gasteiger partial charge is 0.351 e. The first kappa shape index (κ1) is 14.3. The summed E-state index contributed by atoms with van der Waals surface area (Å²) in [5.41, 5.74) is 2.66. The van der Waals surface area contributed by atoms with Crippen molar-refractivity contribution in [3.8, 4) is 0 Å². The normalized spacial score (nSPS) is 22.5. The van der Waals surface area contributed by atoms with Gasteiger partial charge in [0.1, 0.15) is 0 Å². The van der Waals surface area contributed by atoms with E-state index >= 15 is 0 Å². The summed E-state index contributed by atoms with van der Waals surface area (Å²) < 4.78 is 0. The van der Waals surface area contributed by atoms with E-state index in [0.29, 0.717) is 6.04 Å². The summed E-state index contributed by atoms with van der Waals surface area (Å²) in [7, 11) is 0. The second-order valence-electron chi connectivity index (χ2n) is 4.60. The fourth-order valence-electron chi connectivity index (χ4n) is 2.14. The molecule has 100 valence electrons. The number of unbranched alkanes of at least 4 members (excludes halogenated alkanes) is 1. The van der Waals surface area contributed by atoms with Crippen LogP contribution in [0.1, 0.15) is 39.5 Å². The molecule has 1 aliphatic rings. The van der Waals surface area contributed by atoms with Crippen molar-refractivity contribution in [1.82, 2.24) is 15.6 Å². The number of hydrogen-bond donors (Lipinski definition) is 3. The van der Waals surface area contributed by atoms with Crippen LogP contribution >= 0.6 is 0 Å². The molecule has 5 nitrogen and oxygen atoms in total. The molecule has 1 unspecified atom stereocenters. The predicted molar refractivity (Wildman–Crippen MR) is 72.8 cm³/mol. The third kappa shape index (κ3) is 5.37. The zero-order chi connectivity index (χ0) is 12.5. The van der Waals surface area contributed by atoms with Crippen molar-refractivity contribution in [2.24, 2.45) is 10.8 Å². The quantitative estimate of drug-likeness (QED) is 0.218. The molecule has 0 amide bonds. The maximum atomic E-state index is 5.48. The van der Waals surface area contributed by atoms with E-state index in [4.69, 9.17) is 5.84 Å². The molecule has 1 fully saturated rings. The van der Waals surface area contributed by atoms with E-state index in [1.165, 1.54) is 19.4 Å². The number of nitrogens with two attached hydrogens (primary N) is 1. The van der Waals surface area contributed by atoms with Gasteiger partial charge in [-0.15, -0.1) is 0 Å². The van der Waals surface area contributed by atoms with Gasteiger partial charge in [-0.25, -0.2) is 5.84 Å². The van der Waals surface area contributed by atoms with Crippen molar-refractivity contribution in [2.45, 2.75) is 45.6 Å². The van der Waals surface area contributed by atoms with Crippen molar-refractivity contribution in [1.29, 1.82) is 0 Å². The number of aliphatic imine (C=N–C) groups is 1. The number of piperidine rings is 1. The van der Waals surface area contributed by atoms with Gasteiger partial charge in [-0.1, -0.05) is 20.3 Å². The molecule has 1 heterocycles. The molecule has 0 aromatic heterocycles. The summed E-state index contributed by atoms with van der Waals surface area (Å²) in [6, 6.07) is 0.472. The predicted octanol–water partition coefficient (Wildman–Crippen LogP) is 0.680. The minimum Gasteiger partial charge on any atom is -0.351 e. The highest BCUT2D eigenvalue weighted by molar-refractivity contribution is 5.79. The van der Waals surface area contributed by atoms with Gasteiger partial charge in [0.2, 0.25) is 5.96 Å². The average Bonchev–Trinajstić information content (AvgIpc) is 2.38. The molecule has 1 atom stereocenters. The number of hydrogen-bond acceptors (Lipinski definition) is 3. The molecule has 0 radical (unpaired) electrons.